The summed E-state index contributed by atoms with van der Waals surface area (Å²) in [4.78, 5) is 44.8. The van der Waals surface area contributed by atoms with E-state index >= 15 is 0 Å². The van der Waals surface area contributed by atoms with Crippen LogP contribution in [0.1, 0.15) is 53.7 Å². The highest BCUT2D eigenvalue weighted by Crippen LogP contribution is 2.30. The van der Waals surface area contributed by atoms with Crippen molar-refractivity contribution in [2.24, 2.45) is 7.05 Å². The van der Waals surface area contributed by atoms with Gasteiger partial charge in [0.05, 0.1) is 12.0 Å². The van der Waals surface area contributed by atoms with E-state index in [0.29, 0.717) is 31.2 Å². The molecule has 0 saturated carbocycles. The SMILES string of the molecule is Cn1cncc1CN1CCCCC1COc1ccc2c(c1)CN(C1CCC(=O)NC1=O)C2=O. The van der Waals surface area contributed by atoms with Crippen LogP contribution in [0, 0.1) is 0 Å². The second-order valence-electron chi connectivity index (χ2n) is 9.15. The van der Waals surface area contributed by atoms with Gasteiger partial charge in [-0.2, -0.15) is 0 Å². The molecule has 174 valence electrons. The van der Waals surface area contributed by atoms with Gasteiger partial charge in [0.15, 0.2) is 0 Å². The standard InChI is InChI=1S/C24H29N5O4/c1-27-15-25-11-18(27)13-28-9-3-2-4-17(28)14-33-19-5-6-20-16(10-19)12-29(24(20)32)21-7-8-22(30)26-23(21)31/h5-6,10-11,15,17,21H,2-4,7-9,12-14H2,1H3,(H,26,30,31). The molecule has 0 aliphatic carbocycles. The molecule has 9 nitrogen and oxygen atoms in total. The molecule has 33 heavy (non-hydrogen) atoms. The Morgan fingerprint density at radius 2 is 2.06 bits per heavy atom. The minimum Gasteiger partial charge on any atom is -0.492 e. The Morgan fingerprint density at radius 1 is 1.18 bits per heavy atom. The zero-order chi connectivity index (χ0) is 22.9. The number of nitrogens with zero attached hydrogens (tertiary/aromatic N) is 4. The summed E-state index contributed by atoms with van der Waals surface area (Å²) >= 11 is 0. The number of amides is 3. The number of piperidine rings is 2. The zero-order valence-corrected chi connectivity index (χ0v) is 18.8. The first kappa shape index (κ1) is 21.6. The van der Waals surface area contributed by atoms with Gasteiger partial charge in [-0.15, -0.1) is 0 Å². The Morgan fingerprint density at radius 3 is 2.85 bits per heavy atom. The predicted octanol–water partition coefficient (Wildman–Crippen LogP) is 1.61. The van der Waals surface area contributed by atoms with E-state index < -0.39 is 11.9 Å². The van der Waals surface area contributed by atoms with Crippen molar-refractivity contribution in [3.8, 4) is 5.75 Å². The molecule has 4 heterocycles. The van der Waals surface area contributed by atoms with Crippen molar-refractivity contribution in [3.63, 3.8) is 0 Å². The maximum Gasteiger partial charge on any atom is 0.255 e. The number of imidazole rings is 1. The third-order valence-corrected chi connectivity index (χ3v) is 6.97. The molecule has 0 radical (unpaired) electrons. The van der Waals surface area contributed by atoms with Crippen molar-refractivity contribution < 1.29 is 19.1 Å². The van der Waals surface area contributed by atoms with Gasteiger partial charge >= 0.3 is 0 Å². The van der Waals surface area contributed by atoms with E-state index in [0.717, 1.165) is 30.8 Å². The molecule has 3 amide bonds. The molecule has 2 aromatic rings. The van der Waals surface area contributed by atoms with Crippen molar-refractivity contribution in [1.29, 1.82) is 0 Å². The number of nitrogens with one attached hydrogen (secondary N) is 1. The second-order valence-corrected chi connectivity index (χ2v) is 9.15. The number of likely N-dealkylation sites (tertiary alicyclic amines) is 1. The third-order valence-electron chi connectivity index (χ3n) is 6.97. The van der Waals surface area contributed by atoms with Crippen molar-refractivity contribution in [1.82, 2.24) is 24.7 Å². The van der Waals surface area contributed by atoms with Crippen LogP contribution < -0.4 is 10.1 Å². The summed E-state index contributed by atoms with van der Waals surface area (Å²) < 4.78 is 8.24. The van der Waals surface area contributed by atoms with E-state index in [1.165, 1.54) is 18.5 Å². The van der Waals surface area contributed by atoms with Crippen LogP contribution in [0.4, 0.5) is 0 Å². The zero-order valence-electron chi connectivity index (χ0n) is 18.8. The maximum absolute atomic E-state index is 12.9. The third kappa shape index (κ3) is 4.37. The van der Waals surface area contributed by atoms with E-state index in [-0.39, 0.29) is 18.2 Å². The Labute approximate surface area is 192 Å². The lowest BCUT2D eigenvalue weighted by Crippen LogP contribution is -2.52. The summed E-state index contributed by atoms with van der Waals surface area (Å²) in [5.74, 6) is -0.107. The van der Waals surface area contributed by atoms with Crippen LogP contribution in [-0.4, -0.2) is 62.3 Å². The molecule has 2 fully saturated rings. The van der Waals surface area contributed by atoms with E-state index in [9.17, 15) is 14.4 Å². The number of hydrogen-bond acceptors (Lipinski definition) is 6. The molecule has 2 saturated heterocycles. The van der Waals surface area contributed by atoms with E-state index in [4.69, 9.17) is 4.74 Å². The summed E-state index contributed by atoms with van der Waals surface area (Å²) in [5, 5.41) is 2.34. The number of aryl methyl sites for hydroxylation is 1. The number of carbonyl (C=O) groups excluding carboxylic acids is 3. The van der Waals surface area contributed by atoms with Crippen LogP contribution in [0.2, 0.25) is 0 Å². The summed E-state index contributed by atoms with van der Waals surface area (Å²) in [6, 6.07) is 5.25. The number of rotatable bonds is 6. The fourth-order valence-electron chi connectivity index (χ4n) is 5.03. The summed E-state index contributed by atoms with van der Waals surface area (Å²) in [7, 11) is 2.02. The summed E-state index contributed by atoms with van der Waals surface area (Å²) in [5.41, 5.74) is 2.65. The molecule has 2 atom stereocenters. The quantitative estimate of drug-likeness (QED) is 0.671. The van der Waals surface area contributed by atoms with Crippen molar-refractivity contribution in [3.05, 3.63) is 47.5 Å². The molecular formula is C24H29N5O4. The molecule has 5 rings (SSSR count). The van der Waals surface area contributed by atoms with Crippen molar-refractivity contribution in [2.75, 3.05) is 13.2 Å². The van der Waals surface area contributed by atoms with Gasteiger partial charge in [0.1, 0.15) is 18.4 Å². The van der Waals surface area contributed by atoms with Gasteiger partial charge in [0, 0.05) is 44.4 Å². The van der Waals surface area contributed by atoms with Crippen LogP contribution in [0.5, 0.6) is 5.75 Å². The van der Waals surface area contributed by atoms with Crippen molar-refractivity contribution in [2.45, 2.75) is 57.3 Å². The van der Waals surface area contributed by atoms with Gasteiger partial charge in [-0.25, -0.2) is 4.98 Å². The topological polar surface area (TPSA) is 96.8 Å². The molecule has 1 N–H and O–H groups in total. The van der Waals surface area contributed by atoms with Gasteiger partial charge in [0.2, 0.25) is 11.8 Å². The van der Waals surface area contributed by atoms with Crippen LogP contribution in [0.25, 0.3) is 0 Å². The Bertz CT molecular complexity index is 1080. The lowest BCUT2D eigenvalue weighted by Gasteiger charge is -2.35. The molecule has 3 aliphatic rings. The Balaban J connectivity index is 1.23. The average Bonchev–Trinajstić information content (AvgIpc) is 3.35. The highest BCUT2D eigenvalue weighted by Gasteiger charge is 2.39. The lowest BCUT2D eigenvalue weighted by molar-refractivity contribution is -0.136. The van der Waals surface area contributed by atoms with Gasteiger partial charge < -0.3 is 14.2 Å². The first-order valence-corrected chi connectivity index (χ1v) is 11.6. The summed E-state index contributed by atoms with van der Waals surface area (Å²) in [6.45, 7) is 2.83. The van der Waals surface area contributed by atoms with Crippen LogP contribution in [-0.2, 0) is 29.7 Å². The normalized spacial score (nSPS) is 23.5. The molecule has 3 aliphatic heterocycles. The van der Waals surface area contributed by atoms with Gasteiger partial charge in [-0.3, -0.25) is 24.6 Å². The Kier molecular flexibility index (Phi) is 5.88. The number of carbonyl (C=O) groups is 3. The molecule has 1 aromatic heterocycles. The Hall–Kier alpha value is -3.20. The fraction of sp³-hybridized carbons (Fsp3) is 0.500. The first-order valence-electron chi connectivity index (χ1n) is 11.6. The smallest absolute Gasteiger partial charge is 0.255 e. The fourth-order valence-corrected chi connectivity index (χ4v) is 5.03. The monoisotopic (exact) mass is 451 g/mol. The number of benzene rings is 1. The van der Waals surface area contributed by atoms with E-state index in [1.54, 1.807) is 11.0 Å². The largest absolute Gasteiger partial charge is 0.492 e. The second kappa shape index (κ2) is 8.97. The molecule has 0 spiro atoms. The van der Waals surface area contributed by atoms with Gasteiger partial charge in [-0.1, -0.05) is 6.42 Å². The van der Waals surface area contributed by atoms with Crippen LogP contribution in [0.15, 0.2) is 30.7 Å². The van der Waals surface area contributed by atoms with Gasteiger partial charge in [0.25, 0.3) is 5.91 Å². The minimum atomic E-state index is -0.602. The van der Waals surface area contributed by atoms with Crippen LogP contribution >= 0.6 is 0 Å². The van der Waals surface area contributed by atoms with Crippen LogP contribution in [0.3, 0.4) is 0 Å². The number of ether oxygens (including phenoxy) is 1. The number of aromatic nitrogens is 2. The summed E-state index contributed by atoms with van der Waals surface area (Å²) in [6.07, 6.45) is 7.82. The average molecular weight is 452 g/mol. The number of fused-ring (bicyclic) bond motifs is 1. The molecular weight excluding hydrogens is 422 g/mol. The highest BCUT2D eigenvalue weighted by atomic mass is 16.5. The van der Waals surface area contributed by atoms with Gasteiger partial charge in [-0.05, 0) is 49.6 Å². The number of hydrogen-bond donors (Lipinski definition) is 1. The maximum atomic E-state index is 12.9. The van der Waals surface area contributed by atoms with E-state index in [2.05, 4.69) is 19.8 Å². The molecule has 2 unspecified atom stereocenters. The van der Waals surface area contributed by atoms with E-state index in [1.807, 2.05) is 31.7 Å². The molecule has 9 heteroatoms. The molecule has 0 bridgehead atoms. The minimum absolute atomic E-state index is 0.166. The number of imide groups is 1. The lowest BCUT2D eigenvalue weighted by atomic mass is 10.0. The first-order chi connectivity index (χ1) is 16.0. The molecule has 1 aromatic carbocycles. The van der Waals surface area contributed by atoms with Crippen molar-refractivity contribution >= 4 is 17.7 Å². The highest BCUT2D eigenvalue weighted by molar-refractivity contribution is 6.05. The predicted molar refractivity (Wildman–Crippen MR) is 119 cm³/mol.